The Hall–Kier alpha value is -0.480. The van der Waals surface area contributed by atoms with E-state index in [-0.39, 0.29) is 16.8 Å². The van der Waals surface area contributed by atoms with Crippen LogP contribution in [0.1, 0.15) is 34.6 Å². The number of carbonyl (C=O) groups is 1. The minimum Gasteiger partial charge on any atom is -0.450 e. The monoisotopic (exact) mass is 244 g/mol. The number of ether oxygens (including phenoxy) is 1. The average Bonchev–Trinajstić information content (AvgIpc) is 2.57. The Kier molecular flexibility index (Phi) is 4.07. The number of rotatable bonds is 2. The van der Waals surface area contributed by atoms with E-state index in [0.717, 1.165) is 5.57 Å². The Morgan fingerprint density at radius 1 is 1.56 bits per heavy atom. The maximum atomic E-state index is 11.7. The van der Waals surface area contributed by atoms with Gasteiger partial charge in [0.2, 0.25) is 0 Å². The molecule has 0 amide bonds. The second-order valence-electron chi connectivity index (χ2n) is 5.17. The number of aliphatic hydroxyl groups is 1. The Bertz CT molecular complexity index is 304. The number of hydrogen-bond acceptors (Lipinski definition) is 4. The summed E-state index contributed by atoms with van der Waals surface area (Å²) < 4.78 is 5.29. The Morgan fingerprint density at radius 2 is 2.12 bits per heavy atom. The maximum Gasteiger partial charge on any atom is 0.323 e. The van der Waals surface area contributed by atoms with Crippen molar-refractivity contribution in [2.45, 2.75) is 51.4 Å². The molecule has 1 heterocycles. The standard InChI is InChI=1S/C12H20O3S/c1-6-7(2)8(13)9-10(14)15-11(16-9)12(3,4)5/h6,8-9,11,13H,1-5H3/b7-6+. The SMILES string of the molecule is C/C=C(\C)C(O)C1SC(C(C)(C)C)OC1=O. The molecule has 3 unspecified atom stereocenters. The van der Waals surface area contributed by atoms with Gasteiger partial charge in [0, 0.05) is 5.41 Å². The summed E-state index contributed by atoms with van der Waals surface area (Å²) in [7, 11) is 0. The fourth-order valence-electron chi connectivity index (χ4n) is 1.38. The minimum absolute atomic E-state index is 0.0986. The van der Waals surface area contributed by atoms with Crippen molar-refractivity contribution in [2.24, 2.45) is 5.41 Å². The molecule has 3 atom stereocenters. The van der Waals surface area contributed by atoms with Crippen LogP contribution in [0.2, 0.25) is 0 Å². The highest BCUT2D eigenvalue weighted by molar-refractivity contribution is 8.01. The third-order valence-electron chi connectivity index (χ3n) is 2.64. The van der Waals surface area contributed by atoms with Crippen LogP contribution in [-0.2, 0) is 9.53 Å². The van der Waals surface area contributed by atoms with Crippen LogP contribution >= 0.6 is 11.8 Å². The molecule has 92 valence electrons. The molecule has 16 heavy (non-hydrogen) atoms. The van der Waals surface area contributed by atoms with E-state index in [1.165, 1.54) is 11.8 Å². The molecular weight excluding hydrogens is 224 g/mol. The molecule has 1 aliphatic heterocycles. The predicted octanol–water partition coefficient (Wildman–Crippen LogP) is 2.34. The lowest BCUT2D eigenvalue weighted by Gasteiger charge is -2.24. The third-order valence-corrected chi connectivity index (χ3v) is 4.44. The van der Waals surface area contributed by atoms with Gasteiger partial charge < -0.3 is 9.84 Å². The zero-order chi connectivity index (χ0) is 12.5. The smallest absolute Gasteiger partial charge is 0.323 e. The van der Waals surface area contributed by atoms with Gasteiger partial charge in [0.25, 0.3) is 0 Å². The highest BCUT2D eigenvalue weighted by Crippen LogP contribution is 2.41. The third kappa shape index (κ3) is 2.80. The molecular formula is C12H20O3S. The molecule has 0 aromatic carbocycles. The zero-order valence-corrected chi connectivity index (χ0v) is 11.3. The van der Waals surface area contributed by atoms with Crippen LogP contribution in [0.3, 0.4) is 0 Å². The number of allylic oxidation sites excluding steroid dienone is 1. The zero-order valence-electron chi connectivity index (χ0n) is 10.5. The first kappa shape index (κ1) is 13.6. The number of esters is 1. The molecule has 3 nitrogen and oxygen atoms in total. The molecule has 0 aromatic heterocycles. The van der Waals surface area contributed by atoms with Crippen molar-refractivity contribution in [3.63, 3.8) is 0 Å². The molecule has 1 fully saturated rings. The molecule has 1 N–H and O–H groups in total. The van der Waals surface area contributed by atoms with Crippen molar-refractivity contribution in [3.8, 4) is 0 Å². The van der Waals surface area contributed by atoms with E-state index in [1.54, 1.807) is 0 Å². The van der Waals surface area contributed by atoms with Gasteiger partial charge in [0.05, 0.1) is 6.10 Å². The first-order valence-corrected chi connectivity index (χ1v) is 6.38. The molecule has 0 spiro atoms. The maximum absolute atomic E-state index is 11.7. The summed E-state index contributed by atoms with van der Waals surface area (Å²) in [6.07, 6.45) is 1.08. The Balaban J connectivity index is 2.76. The molecule has 0 radical (unpaired) electrons. The van der Waals surface area contributed by atoms with Crippen molar-refractivity contribution in [1.82, 2.24) is 0 Å². The van der Waals surface area contributed by atoms with Gasteiger partial charge in [-0.05, 0) is 19.4 Å². The quantitative estimate of drug-likeness (QED) is 0.598. The number of aliphatic hydroxyl groups excluding tert-OH is 1. The summed E-state index contributed by atoms with van der Waals surface area (Å²) in [5, 5.41) is 9.50. The van der Waals surface area contributed by atoms with Crippen molar-refractivity contribution < 1.29 is 14.6 Å². The minimum atomic E-state index is -0.741. The summed E-state index contributed by atoms with van der Waals surface area (Å²) in [6.45, 7) is 9.74. The van der Waals surface area contributed by atoms with Gasteiger partial charge in [0.1, 0.15) is 5.25 Å². The van der Waals surface area contributed by atoms with Gasteiger partial charge in [-0.15, -0.1) is 0 Å². The van der Waals surface area contributed by atoms with Crippen LogP contribution in [0.15, 0.2) is 11.6 Å². The van der Waals surface area contributed by atoms with Gasteiger partial charge in [-0.3, -0.25) is 4.79 Å². The van der Waals surface area contributed by atoms with Crippen LogP contribution in [0.5, 0.6) is 0 Å². The van der Waals surface area contributed by atoms with E-state index in [9.17, 15) is 9.90 Å². The van der Waals surface area contributed by atoms with Crippen molar-refractivity contribution >= 4 is 17.7 Å². The highest BCUT2D eigenvalue weighted by atomic mass is 32.2. The van der Waals surface area contributed by atoms with Gasteiger partial charge in [-0.25, -0.2) is 0 Å². The molecule has 0 bridgehead atoms. The lowest BCUT2D eigenvalue weighted by molar-refractivity contribution is -0.146. The second-order valence-corrected chi connectivity index (χ2v) is 6.38. The lowest BCUT2D eigenvalue weighted by Crippen LogP contribution is -2.28. The molecule has 1 rings (SSSR count). The van der Waals surface area contributed by atoms with Crippen molar-refractivity contribution in [1.29, 1.82) is 0 Å². The highest BCUT2D eigenvalue weighted by Gasteiger charge is 2.44. The van der Waals surface area contributed by atoms with Crippen LogP contribution in [0.4, 0.5) is 0 Å². The molecule has 1 saturated heterocycles. The van der Waals surface area contributed by atoms with Crippen LogP contribution in [-0.4, -0.2) is 27.9 Å². The van der Waals surface area contributed by atoms with Crippen LogP contribution in [0.25, 0.3) is 0 Å². The van der Waals surface area contributed by atoms with E-state index in [0.29, 0.717) is 0 Å². The lowest BCUT2D eigenvalue weighted by atomic mass is 9.98. The normalized spacial score (nSPS) is 29.1. The molecule has 0 aliphatic carbocycles. The first-order valence-electron chi connectivity index (χ1n) is 5.44. The van der Waals surface area contributed by atoms with Crippen LogP contribution in [0, 0.1) is 5.41 Å². The number of cyclic esters (lactones) is 1. The van der Waals surface area contributed by atoms with E-state index >= 15 is 0 Å². The second kappa shape index (κ2) is 4.80. The molecule has 4 heteroatoms. The summed E-state index contributed by atoms with van der Waals surface area (Å²) in [5.41, 5.74) is 0.534. The molecule has 1 aliphatic rings. The molecule has 0 aromatic rings. The van der Waals surface area contributed by atoms with E-state index in [4.69, 9.17) is 4.74 Å². The van der Waals surface area contributed by atoms with Crippen molar-refractivity contribution in [3.05, 3.63) is 11.6 Å². The van der Waals surface area contributed by atoms with E-state index < -0.39 is 11.4 Å². The number of hydrogen-bond donors (Lipinski definition) is 1. The Labute approximate surface area is 101 Å². The average molecular weight is 244 g/mol. The largest absolute Gasteiger partial charge is 0.450 e. The van der Waals surface area contributed by atoms with E-state index in [2.05, 4.69) is 0 Å². The van der Waals surface area contributed by atoms with Gasteiger partial charge >= 0.3 is 5.97 Å². The fourth-order valence-corrected chi connectivity index (χ4v) is 2.74. The predicted molar refractivity (Wildman–Crippen MR) is 66.2 cm³/mol. The van der Waals surface area contributed by atoms with Gasteiger partial charge in [0.15, 0.2) is 5.44 Å². The summed E-state index contributed by atoms with van der Waals surface area (Å²) in [6, 6.07) is 0. The molecule has 0 saturated carbocycles. The van der Waals surface area contributed by atoms with Crippen LogP contribution < -0.4 is 0 Å². The number of thioether (sulfide) groups is 1. The van der Waals surface area contributed by atoms with Gasteiger partial charge in [-0.1, -0.05) is 38.6 Å². The first-order chi connectivity index (χ1) is 7.27. The summed E-state index contributed by atoms with van der Waals surface area (Å²) in [4.78, 5) is 11.7. The Morgan fingerprint density at radius 3 is 2.50 bits per heavy atom. The van der Waals surface area contributed by atoms with E-state index in [1.807, 2.05) is 40.7 Å². The summed E-state index contributed by atoms with van der Waals surface area (Å²) in [5.74, 6) is -0.307. The topological polar surface area (TPSA) is 46.5 Å². The van der Waals surface area contributed by atoms with Crippen molar-refractivity contribution in [2.75, 3.05) is 0 Å². The number of carbonyl (C=O) groups excluding carboxylic acids is 1. The fraction of sp³-hybridized carbons (Fsp3) is 0.750. The van der Waals surface area contributed by atoms with Gasteiger partial charge in [-0.2, -0.15) is 0 Å². The summed E-state index contributed by atoms with van der Waals surface area (Å²) >= 11 is 1.41.